The van der Waals surface area contributed by atoms with Gasteiger partial charge in [-0.15, -0.1) is 0 Å². The monoisotopic (exact) mass is 551 g/mol. The fourth-order valence-electron chi connectivity index (χ4n) is 3.51. The summed E-state index contributed by atoms with van der Waals surface area (Å²) in [6.07, 6.45) is 2.27. The van der Waals surface area contributed by atoms with Gasteiger partial charge in [0.25, 0.3) is 20.1 Å². The van der Waals surface area contributed by atoms with Crippen molar-refractivity contribution < 1.29 is 39.3 Å². The number of halogens is 2. The highest BCUT2D eigenvalue weighted by Gasteiger charge is 2.37. The quantitative estimate of drug-likeness (QED) is 0.512. The van der Waals surface area contributed by atoms with Crippen molar-refractivity contribution in [1.82, 2.24) is 14.8 Å². The molecule has 0 aromatic carbocycles. The zero-order valence-corrected chi connectivity index (χ0v) is 21.9. The highest BCUT2D eigenvalue weighted by Crippen LogP contribution is 2.36. The van der Waals surface area contributed by atoms with Crippen LogP contribution in [0.15, 0.2) is 23.4 Å². The minimum atomic E-state index is -4.45. The van der Waals surface area contributed by atoms with Crippen LogP contribution in [0.1, 0.15) is 38.7 Å². The third-order valence-corrected chi connectivity index (χ3v) is 7.37. The Kier molecular flexibility index (Phi) is 7.62. The number of nitrogens with zero attached hydrogens (tertiary/aromatic N) is 4. The van der Waals surface area contributed by atoms with Gasteiger partial charge in [0.2, 0.25) is 0 Å². The van der Waals surface area contributed by atoms with Gasteiger partial charge in [-0.1, -0.05) is 0 Å². The van der Waals surface area contributed by atoms with Crippen LogP contribution in [-0.2, 0) is 35.5 Å². The van der Waals surface area contributed by atoms with Gasteiger partial charge in [-0.05, 0) is 40.2 Å². The van der Waals surface area contributed by atoms with E-state index in [0.717, 1.165) is 16.8 Å². The van der Waals surface area contributed by atoms with Crippen molar-refractivity contribution in [2.45, 2.75) is 51.2 Å². The van der Waals surface area contributed by atoms with Gasteiger partial charge in [-0.25, -0.2) is 17.9 Å². The number of alkyl halides is 2. The second kappa shape index (κ2) is 9.89. The van der Waals surface area contributed by atoms with Gasteiger partial charge < -0.3 is 4.74 Å². The minimum absolute atomic E-state index is 0.0864. The molecule has 0 radical (unpaired) electrons. The van der Waals surface area contributed by atoms with Gasteiger partial charge in [0.1, 0.15) is 10.5 Å². The van der Waals surface area contributed by atoms with Crippen LogP contribution in [0.2, 0.25) is 0 Å². The van der Waals surface area contributed by atoms with Gasteiger partial charge in [-0.3, -0.25) is 18.8 Å². The van der Waals surface area contributed by atoms with Crippen LogP contribution < -0.4 is 9.62 Å². The lowest BCUT2D eigenvalue weighted by Gasteiger charge is -2.34. The second-order valence-corrected chi connectivity index (χ2v) is 12.7. The standard InChI is InChI=1S/C20H27F2N5O7S2/c1-12-17(10-26(25-12)18(21)22)36(31,32)27-9-13(11-33-35(5,29)30)6-15-16(27)7-14(8-23-15)24-19(28)34-20(2,3)4/h7-8,10,13,18H,6,9,11H2,1-5H3,(H,24,28). The molecule has 2 aromatic rings. The molecule has 0 bridgehead atoms. The second-order valence-electron chi connectivity index (χ2n) is 9.25. The Morgan fingerprint density at radius 3 is 2.50 bits per heavy atom. The van der Waals surface area contributed by atoms with Crippen molar-refractivity contribution in [2.24, 2.45) is 5.92 Å². The lowest BCUT2D eigenvalue weighted by molar-refractivity contribution is 0.0560. The van der Waals surface area contributed by atoms with Crippen LogP contribution in [0.25, 0.3) is 0 Å². The summed E-state index contributed by atoms with van der Waals surface area (Å²) >= 11 is 0. The maximum atomic E-state index is 13.6. The molecule has 0 spiro atoms. The average molecular weight is 552 g/mol. The first kappa shape index (κ1) is 27.7. The van der Waals surface area contributed by atoms with Crippen molar-refractivity contribution in [3.05, 3.63) is 29.8 Å². The first-order valence-corrected chi connectivity index (χ1v) is 13.9. The smallest absolute Gasteiger partial charge is 0.412 e. The number of amides is 1. The Morgan fingerprint density at radius 1 is 1.28 bits per heavy atom. The Morgan fingerprint density at radius 2 is 1.94 bits per heavy atom. The lowest BCUT2D eigenvalue weighted by atomic mass is 9.98. The van der Waals surface area contributed by atoms with E-state index in [1.165, 1.54) is 19.2 Å². The molecule has 0 saturated heterocycles. The number of pyridine rings is 1. The number of hydrogen-bond acceptors (Lipinski definition) is 9. The highest BCUT2D eigenvalue weighted by molar-refractivity contribution is 7.92. The number of carbonyl (C=O) groups is 1. The topological polar surface area (TPSA) is 150 Å². The fraction of sp³-hybridized carbons (Fsp3) is 0.550. The number of aryl methyl sites for hydroxylation is 1. The molecule has 1 aliphatic heterocycles. The van der Waals surface area contributed by atoms with Crippen molar-refractivity contribution in [1.29, 1.82) is 0 Å². The van der Waals surface area contributed by atoms with Crippen molar-refractivity contribution >= 4 is 37.6 Å². The molecule has 1 amide bonds. The summed E-state index contributed by atoms with van der Waals surface area (Å²) < 4.78 is 87.7. The number of aromatic nitrogens is 3. The molecule has 0 saturated carbocycles. The summed E-state index contributed by atoms with van der Waals surface area (Å²) in [7, 11) is -8.25. The lowest BCUT2D eigenvalue weighted by Crippen LogP contribution is -2.42. The number of sulfonamides is 1. The third kappa shape index (κ3) is 6.67. The minimum Gasteiger partial charge on any atom is -0.444 e. The van der Waals surface area contributed by atoms with Gasteiger partial charge in [0.05, 0.1) is 48.0 Å². The van der Waals surface area contributed by atoms with Crippen LogP contribution in [0, 0.1) is 12.8 Å². The zero-order chi connectivity index (χ0) is 27.1. The molecule has 2 aromatic heterocycles. The number of ether oxygens (including phenoxy) is 1. The molecular formula is C20H27F2N5O7S2. The van der Waals surface area contributed by atoms with E-state index in [-0.39, 0.29) is 47.0 Å². The summed E-state index contributed by atoms with van der Waals surface area (Å²) in [6, 6.07) is 1.37. The Bertz CT molecular complexity index is 1350. The van der Waals surface area contributed by atoms with Gasteiger partial charge in [0, 0.05) is 12.5 Å². The van der Waals surface area contributed by atoms with E-state index >= 15 is 0 Å². The SMILES string of the molecule is Cc1nn(C(F)F)cc1S(=O)(=O)N1CC(COS(C)(=O)=O)Cc2ncc(NC(=O)OC(C)(C)C)cc21. The van der Waals surface area contributed by atoms with Crippen LogP contribution >= 0.6 is 0 Å². The molecule has 3 heterocycles. The Labute approximate surface area is 207 Å². The summed E-state index contributed by atoms with van der Waals surface area (Å²) in [5, 5.41) is 6.06. The van der Waals surface area contributed by atoms with E-state index in [1.807, 2.05) is 0 Å². The first-order chi connectivity index (χ1) is 16.5. The van der Waals surface area contributed by atoms with Crippen molar-refractivity contribution in [3.63, 3.8) is 0 Å². The van der Waals surface area contributed by atoms with E-state index in [4.69, 9.17) is 8.92 Å². The van der Waals surface area contributed by atoms with Crippen LogP contribution in [0.4, 0.5) is 25.0 Å². The van der Waals surface area contributed by atoms with Crippen LogP contribution in [-0.4, -0.2) is 62.7 Å². The first-order valence-electron chi connectivity index (χ1n) is 10.7. The molecule has 200 valence electrons. The van der Waals surface area contributed by atoms with Gasteiger partial charge in [-0.2, -0.15) is 22.3 Å². The maximum Gasteiger partial charge on any atom is 0.412 e. The predicted molar refractivity (Wildman–Crippen MR) is 125 cm³/mol. The van der Waals surface area contributed by atoms with Crippen LogP contribution in [0.5, 0.6) is 0 Å². The summed E-state index contributed by atoms with van der Waals surface area (Å²) in [4.78, 5) is 16.0. The van der Waals surface area contributed by atoms with Gasteiger partial charge in [0.15, 0.2) is 0 Å². The molecule has 0 aliphatic carbocycles. The molecule has 3 rings (SSSR count). The van der Waals surface area contributed by atoms with Crippen LogP contribution in [0.3, 0.4) is 0 Å². The van der Waals surface area contributed by atoms with E-state index in [1.54, 1.807) is 20.8 Å². The largest absolute Gasteiger partial charge is 0.444 e. The Balaban J connectivity index is 2.03. The summed E-state index contributed by atoms with van der Waals surface area (Å²) in [6.45, 7) is 2.69. The number of fused-ring (bicyclic) bond motifs is 1. The van der Waals surface area contributed by atoms with E-state index < -0.39 is 49.2 Å². The van der Waals surface area contributed by atoms with Gasteiger partial charge >= 0.3 is 12.6 Å². The molecule has 0 fully saturated rings. The maximum absolute atomic E-state index is 13.6. The molecule has 1 unspecified atom stereocenters. The third-order valence-electron chi connectivity index (χ3n) is 4.92. The Hall–Kier alpha value is -2.85. The molecule has 1 atom stereocenters. The molecule has 1 N–H and O–H groups in total. The number of rotatable bonds is 7. The molecule has 16 heteroatoms. The van der Waals surface area contributed by atoms with E-state index in [2.05, 4.69) is 15.4 Å². The van der Waals surface area contributed by atoms with E-state index in [0.29, 0.717) is 0 Å². The number of nitrogens with one attached hydrogen (secondary N) is 1. The summed E-state index contributed by atoms with van der Waals surface area (Å²) in [5.74, 6) is -0.621. The molecule has 1 aliphatic rings. The summed E-state index contributed by atoms with van der Waals surface area (Å²) in [5.41, 5.74) is -0.434. The average Bonchev–Trinajstić information content (AvgIpc) is 3.12. The normalized spacial score (nSPS) is 16.7. The number of hydrogen-bond donors (Lipinski definition) is 1. The van der Waals surface area contributed by atoms with Crippen molar-refractivity contribution in [3.8, 4) is 0 Å². The highest BCUT2D eigenvalue weighted by atomic mass is 32.2. The predicted octanol–water partition coefficient (Wildman–Crippen LogP) is 2.67. The molecule has 12 nitrogen and oxygen atoms in total. The van der Waals surface area contributed by atoms with E-state index in [9.17, 15) is 30.4 Å². The number of carbonyl (C=O) groups excluding carboxylic acids is 1. The fourth-order valence-corrected chi connectivity index (χ4v) is 5.67. The van der Waals surface area contributed by atoms with Crippen molar-refractivity contribution in [2.75, 3.05) is 29.0 Å². The number of anilines is 2. The molecule has 36 heavy (non-hydrogen) atoms. The zero-order valence-electron chi connectivity index (χ0n) is 20.2. The molecular weight excluding hydrogens is 524 g/mol.